The lowest BCUT2D eigenvalue weighted by Gasteiger charge is -2.25. The average molecular weight is 268 g/mol. The molecule has 0 aliphatic carbocycles. The standard InChI is InChI=1S/C16H20N4/c17-16(18)19-11-12-20(15-9-5-2-6-10-15)13-14-7-3-1-4-8-14/h1-10H,11-13H2,(H4,17,18,19). The summed E-state index contributed by atoms with van der Waals surface area (Å²) in [6.45, 7) is 2.28. The normalized spacial score (nSPS) is 10.0. The molecule has 0 amide bonds. The summed E-state index contributed by atoms with van der Waals surface area (Å²) >= 11 is 0. The summed E-state index contributed by atoms with van der Waals surface area (Å²) < 4.78 is 0. The second-order valence-corrected chi connectivity index (χ2v) is 4.58. The fourth-order valence-corrected chi connectivity index (χ4v) is 2.07. The van der Waals surface area contributed by atoms with E-state index in [1.807, 2.05) is 36.4 Å². The van der Waals surface area contributed by atoms with Crippen LogP contribution in [-0.4, -0.2) is 19.0 Å². The predicted molar refractivity (Wildman–Crippen MR) is 83.9 cm³/mol. The molecule has 0 unspecified atom stereocenters. The van der Waals surface area contributed by atoms with E-state index < -0.39 is 0 Å². The van der Waals surface area contributed by atoms with Crippen molar-refractivity contribution in [1.29, 1.82) is 5.41 Å². The molecular formula is C16H20N4. The van der Waals surface area contributed by atoms with Crippen LogP contribution in [0.15, 0.2) is 60.7 Å². The van der Waals surface area contributed by atoms with Crippen LogP contribution in [0.25, 0.3) is 0 Å². The van der Waals surface area contributed by atoms with Crippen LogP contribution < -0.4 is 16.0 Å². The molecule has 0 radical (unpaired) electrons. The van der Waals surface area contributed by atoms with Crippen molar-refractivity contribution in [3.8, 4) is 0 Å². The Hall–Kier alpha value is -2.49. The van der Waals surface area contributed by atoms with Crippen LogP contribution in [0.2, 0.25) is 0 Å². The molecule has 4 nitrogen and oxygen atoms in total. The van der Waals surface area contributed by atoms with Gasteiger partial charge in [-0.1, -0.05) is 48.5 Å². The quantitative estimate of drug-likeness (QED) is 0.556. The first-order valence-electron chi connectivity index (χ1n) is 6.67. The molecule has 4 N–H and O–H groups in total. The fourth-order valence-electron chi connectivity index (χ4n) is 2.07. The monoisotopic (exact) mass is 268 g/mol. The molecule has 0 spiro atoms. The molecule has 0 aliphatic rings. The highest BCUT2D eigenvalue weighted by atomic mass is 15.2. The molecule has 0 atom stereocenters. The number of hydrogen-bond donors (Lipinski definition) is 3. The summed E-state index contributed by atoms with van der Waals surface area (Å²) in [7, 11) is 0. The van der Waals surface area contributed by atoms with Gasteiger partial charge in [-0.3, -0.25) is 5.41 Å². The first-order valence-corrected chi connectivity index (χ1v) is 6.67. The molecule has 2 aromatic carbocycles. The second kappa shape index (κ2) is 7.19. The molecule has 0 fully saturated rings. The number of benzene rings is 2. The SMILES string of the molecule is N=C(N)NCCN(Cc1ccccc1)c1ccccc1. The van der Waals surface area contributed by atoms with Gasteiger partial charge in [0.05, 0.1) is 0 Å². The third-order valence-corrected chi connectivity index (χ3v) is 3.03. The lowest BCUT2D eigenvalue weighted by atomic mass is 10.2. The summed E-state index contributed by atoms with van der Waals surface area (Å²) in [6, 6.07) is 20.6. The van der Waals surface area contributed by atoms with Gasteiger partial charge in [0.15, 0.2) is 5.96 Å². The molecule has 0 heterocycles. The van der Waals surface area contributed by atoms with E-state index in [9.17, 15) is 0 Å². The third kappa shape index (κ3) is 4.31. The largest absolute Gasteiger partial charge is 0.370 e. The Balaban J connectivity index is 2.06. The van der Waals surface area contributed by atoms with Gasteiger partial charge in [0.2, 0.25) is 0 Å². The van der Waals surface area contributed by atoms with E-state index in [0.717, 1.165) is 13.1 Å². The summed E-state index contributed by atoms with van der Waals surface area (Å²) in [5, 5.41) is 10.1. The van der Waals surface area contributed by atoms with E-state index in [4.69, 9.17) is 11.1 Å². The van der Waals surface area contributed by atoms with Crippen LogP contribution in [0.1, 0.15) is 5.56 Å². The molecule has 2 rings (SSSR count). The van der Waals surface area contributed by atoms with E-state index in [-0.39, 0.29) is 5.96 Å². The number of guanidine groups is 1. The molecule has 0 saturated carbocycles. The second-order valence-electron chi connectivity index (χ2n) is 4.58. The average Bonchev–Trinajstić information content (AvgIpc) is 2.48. The van der Waals surface area contributed by atoms with Crippen molar-refractivity contribution in [2.24, 2.45) is 5.73 Å². The van der Waals surface area contributed by atoms with Crippen molar-refractivity contribution in [3.63, 3.8) is 0 Å². The van der Waals surface area contributed by atoms with Gasteiger partial charge in [-0.15, -0.1) is 0 Å². The maximum atomic E-state index is 7.21. The van der Waals surface area contributed by atoms with Gasteiger partial charge >= 0.3 is 0 Å². The number of nitrogens with one attached hydrogen (secondary N) is 2. The van der Waals surface area contributed by atoms with Crippen LogP contribution in [0.4, 0.5) is 5.69 Å². The Morgan fingerprint density at radius 3 is 2.20 bits per heavy atom. The topological polar surface area (TPSA) is 65.1 Å². The van der Waals surface area contributed by atoms with Crippen LogP contribution in [-0.2, 0) is 6.54 Å². The summed E-state index contributed by atoms with van der Waals surface area (Å²) in [5.41, 5.74) is 7.75. The fraction of sp³-hybridized carbons (Fsp3) is 0.188. The van der Waals surface area contributed by atoms with Gasteiger partial charge in [-0.2, -0.15) is 0 Å². The van der Waals surface area contributed by atoms with Crippen molar-refractivity contribution in [2.75, 3.05) is 18.0 Å². The van der Waals surface area contributed by atoms with E-state index >= 15 is 0 Å². The van der Waals surface area contributed by atoms with Crippen molar-refractivity contribution in [2.45, 2.75) is 6.54 Å². The Morgan fingerprint density at radius 2 is 1.60 bits per heavy atom. The molecule has 20 heavy (non-hydrogen) atoms. The maximum Gasteiger partial charge on any atom is 0.185 e. The predicted octanol–water partition coefficient (Wildman–Crippen LogP) is 2.18. The first kappa shape index (κ1) is 13.9. The van der Waals surface area contributed by atoms with Crippen LogP contribution in [0.5, 0.6) is 0 Å². The van der Waals surface area contributed by atoms with Gasteiger partial charge in [0.25, 0.3) is 0 Å². The molecule has 0 aromatic heterocycles. The molecule has 0 saturated heterocycles. The maximum absolute atomic E-state index is 7.21. The molecule has 0 bridgehead atoms. The minimum Gasteiger partial charge on any atom is -0.370 e. The van der Waals surface area contributed by atoms with E-state index in [2.05, 4.69) is 34.5 Å². The van der Waals surface area contributed by atoms with E-state index in [1.54, 1.807) is 0 Å². The zero-order valence-electron chi connectivity index (χ0n) is 11.4. The number of hydrogen-bond acceptors (Lipinski definition) is 2. The number of anilines is 1. The summed E-state index contributed by atoms with van der Waals surface area (Å²) in [5.74, 6) is 0.0118. The Labute approximate surface area is 119 Å². The lowest BCUT2D eigenvalue weighted by molar-refractivity contribution is 0.752. The molecule has 0 aliphatic heterocycles. The summed E-state index contributed by atoms with van der Waals surface area (Å²) in [6.07, 6.45) is 0. The number of para-hydroxylation sites is 1. The lowest BCUT2D eigenvalue weighted by Crippen LogP contribution is -2.37. The number of nitrogens with two attached hydrogens (primary N) is 1. The zero-order valence-corrected chi connectivity index (χ0v) is 11.4. The highest BCUT2D eigenvalue weighted by Crippen LogP contribution is 2.16. The molecular weight excluding hydrogens is 248 g/mol. The molecule has 4 heteroatoms. The van der Waals surface area contributed by atoms with Gasteiger partial charge in [-0.25, -0.2) is 0 Å². The van der Waals surface area contributed by atoms with Crippen LogP contribution >= 0.6 is 0 Å². The van der Waals surface area contributed by atoms with Crippen molar-refractivity contribution in [1.82, 2.24) is 5.32 Å². The highest BCUT2D eigenvalue weighted by Gasteiger charge is 2.06. The Morgan fingerprint density at radius 1 is 1.00 bits per heavy atom. The van der Waals surface area contributed by atoms with Gasteiger partial charge in [-0.05, 0) is 17.7 Å². The van der Waals surface area contributed by atoms with E-state index in [1.165, 1.54) is 11.3 Å². The highest BCUT2D eigenvalue weighted by molar-refractivity contribution is 5.74. The smallest absolute Gasteiger partial charge is 0.185 e. The van der Waals surface area contributed by atoms with Crippen molar-refractivity contribution < 1.29 is 0 Å². The van der Waals surface area contributed by atoms with Gasteiger partial charge < -0.3 is 16.0 Å². The molecule has 2 aromatic rings. The zero-order chi connectivity index (χ0) is 14.2. The van der Waals surface area contributed by atoms with Crippen molar-refractivity contribution >= 4 is 11.6 Å². The van der Waals surface area contributed by atoms with E-state index in [0.29, 0.717) is 6.54 Å². The Bertz CT molecular complexity index is 525. The number of rotatable bonds is 6. The first-order chi connectivity index (χ1) is 9.75. The van der Waals surface area contributed by atoms with Crippen molar-refractivity contribution in [3.05, 3.63) is 66.2 Å². The summed E-state index contributed by atoms with van der Waals surface area (Å²) in [4.78, 5) is 2.27. The molecule has 104 valence electrons. The van der Waals surface area contributed by atoms with Crippen LogP contribution in [0.3, 0.4) is 0 Å². The third-order valence-electron chi connectivity index (χ3n) is 3.03. The van der Waals surface area contributed by atoms with Gasteiger partial charge in [0, 0.05) is 25.3 Å². The minimum absolute atomic E-state index is 0.0118. The van der Waals surface area contributed by atoms with Crippen LogP contribution in [0, 0.1) is 5.41 Å². The minimum atomic E-state index is 0.0118. The van der Waals surface area contributed by atoms with Gasteiger partial charge in [0.1, 0.15) is 0 Å². The Kier molecular flexibility index (Phi) is 5.00. The number of nitrogens with zero attached hydrogens (tertiary/aromatic N) is 1.